The van der Waals surface area contributed by atoms with Gasteiger partial charge in [-0.05, 0) is 42.8 Å². The molecular weight excluding hydrogens is 483 g/mol. The Labute approximate surface area is 195 Å². The number of benzene rings is 2. The Morgan fingerprint density at radius 2 is 1.94 bits per heavy atom. The van der Waals surface area contributed by atoms with Crippen molar-refractivity contribution in [1.82, 2.24) is 9.88 Å². The lowest BCUT2D eigenvalue weighted by molar-refractivity contribution is -0.137. The van der Waals surface area contributed by atoms with Crippen LogP contribution < -0.4 is 10.1 Å². The van der Waals surface area contributed by atoms with Gasteiger partial charge in [-0.3, -0.25) is 10.1 Å². The number of morpholine rings is 1. The minimum atomic E-state index is -4.49. The quantitative estimate of drug-likeness (QED) is 0.524. The number of rotatable bonds is 3. The van der Waals surface area contributed by atoms with E-state index >= 15 is 0 Å². The summed E-state index contributed by atoms with van der Waals surface area (Å²) in [6, 6.07) is 6.04. The van der Waals surface area contributed by atoms with Crippen LogP contribution in [0, 0.1) is 6.92 Å². The molecule has 12 heteroatoms. The van der Waals surface area contributed by atoms with Gasteiger partial charge in [0.15, 0.2) is 5.13 Å². The van der Waals surface area contributed by atoms with E-state index in [-0.39, 0.29) is 26.2 Å². The van der Waals surface area contributed by atoms with Gasteiger partial charge in [-0.15, -0.1) is 0 Å². The van der Waals surface area contributed by atoms with Gasteiger partial charge in [-0.2, -0.15) is 13.2 Å². The van der Waals surface area contributed by atoms with Crippen molar-refractivity contribution in [3.05, 3.63) is 52.0 Å². The zero-order valence-electron chi connectivity index (χ0n) is 17.2. The Kier molecular flexibility index (Phi) is 6.46. The lowest BCUT2D eigenvalue weighted by Crippen LogP contribution is -2.42. The van der Waals surface area contributed by atoms with Gasteiger partial charge in [0.25, 0.3) is 5.91 Å². The fraction of sp³-hybridized carbons (Fsp3) is 0.286. The number of hydrogen-bond donors (Lipinski definition) is 1. The van der Waals surface area contributed by atoms with Crippen molar-refractivity contribution in [1.29, 1.82) is 0 Å². The highest BCUT2D eigenvalue weighted by molar-refractivity contribution is 7.22. The number of alkyl halides is 3. The van der Waals surface area contributed by atoms with E-state index in [4.69, 9.17) is 21.1 Å². The number of fused-ring (bicyclic) bond motifs is 1. The van der Waals surface area contributed by atoms with E-state index in [0.717, 1.165) is 23.5 Å². The van der Waals surface area contributed by atoms with E-state index in [1.807, 2.05) is 0 Å². The van der Waals surface area contributed by atoms with E-state index in [2.05, 4.69) is 10.3 Å². The third-order valence-corrected chi connectivity index (χ3v) is 6.03. The van der Waals surface area contributed by atoms with Crippen LogP contribution in [0.25, 0.3) is 10.2 Å². The summed E-state index contributed by atoms with van der Waals surface area (Å²) >= 11 is 7.01. The van der Waals surface area contributed by atoms with Gasteiger partial charge < -0.3 is 14.4 Å². The van der Waals surface area contributed by atoms with Gasteiger partial charge in [0.05, 0.1) is 34.6 Å². The molecule has 1 aliphatic heterocycles. The van der Waals surface area contributed by atoms with Crippen molar-refractivity contribution in [3.8, 4) is 5.75 Å². The molecule has 0 spiro atoms. The number of anilines is 1. The zero-order chi connectivity index (χ0) is 23.8. The lowest BCUT2D eigenvalue weighted by Gasteiger charge is -2.26. The van der Waals surface area contributed by atoms with Gasteiger partial charge in [0.1, 0.15) is 5.75 Å². The molecule has 0 aliphatic carbocycles. The van der Waals surface area contributed by atoms with Gasteiger partial charge >= 0.3 is 12.3 Å². The van der Waals surface area contributed by atoms with Crippen LogP contribution in [0.4, 0.5) is 23.1 Å². The van der Waals surface area contributed by atoms with Crippen molar-refractivity contribution >= 4 is 50.3 Å². The molecule has 1 fully saturated rings. The predicted molar refractivity (Wildman–Crippen MR) is 117 cm³/mol. The van der Waals surface area contributed by atoms with E-state index in [1.54, 1.807) is 13.0 Å². The lowest BCUT2D eigenvalue weighted by atomic mass is 10.1. The summed E-state index contributed by atoms with van der Waals surface area (Å²) in [5, 5.41) is 2.90. The number of carbonyl (C=O) groups excluding carboxylic acids is 2. The average Bonchev–Trinajstić information content (AvgIpc) is 3.16. The number of halogens is 4. The molecule has 0 radical (unpaired) electrons. The summed E-state index contributed by atoms with van der Waals surface area (Å²) in [7, 11) is 0. The molecule has 33 heavy (non-hydrogen) atoms. The number of nitrogens with one attached hydrogen (secondary N) is 1. The van der Waals surface area contributed by atoms with Crippen LogP contribution >= 0.6 is 22.9 Å². The van der Waals surface area contributed by atoms with Gasteiger partial charge in [0.2, 0.25) is 0 Å². The number of aryl methyl sites for hydroxylation is 1. The molecule has 1 N–H and O–H groups in total. The number of nitrogens with zero attached hydrogens (tertiary/aromatic N) is 2. The van der Waals surface area contributed by atoms with Crippen LogP contribution in [-0.4, -0.2) is 48.2 Å². The summed E-state index contributed by atoms with van der Waals surface area (Å²) < 4.78 is 49.9. The molecule has 2 amide bonds. The maximum absolute atomic E-state index is 13.0. The van der Waals surface area contributed by atoms with Crippen LogP contribution in [0.5, 0.6) is 5.75 Å². The second kappa shape index (κ2) is 9.16. The molecule has 0 unspecified atom stereocenters. The van der Waals surface area contributed by atoms with Crippen LogP contribution in [-0.2, 0) is 10.9 Å². The minimum absolute atomic E-state index is 0.00292. The summed E-state index contributed by atoms with van der Waals surface area (Å²) in [4.78, 5) is 31.2. The molecule has 2 heterocycles. The van der Waals surface area contributed by atoms with Crippen molar-refractivity contribution in [2.75, 3.05) is 31.6 Å². The fourth-order valence-corrected chi connectivity index (χ4v) is 4.42. The molecule has 0 atom stereocenters. The third kappa shape index (κ3) is 5.21. The molecule has 2 aromatic carbocycles. The summed E-state index contributed by atoms with van der Waals surface area (Å²) in [5.74, 6) is -0.630. The molecule has 4 rings (SSSR count). The molecule has 7 nitrogen and oxygen atoms in total. The topological polar surface area (TPSA) is 80.8 Å². The molecule has 3 aromatic rings. The number of amides is 2. The van der Waals surface area contributed by atoms with Crippen LogP contribution in [0.15, 0.2) is 30.3 Å². The first kappa shape index (κ1) is 23.3. The van der Waals surface area contributed by atoms with Crippen LogP contribution in [0.1, 0.15) is 21.5 Å². The van der Waals surface area contributed by atoms with E-state index in [0.29, 0.717) is 37.4 Å². The van der Waals surface area contributed by atoms with E-state index in [1.165, 1.54) is 17.0 Å². The summed E-state index contributed by atoms with van der Waals surface area (Å²) in [6.07, 6.45) is -5.11. The maximum Gasteiger partial charge on any atom is 0.416 e. The number of thiazole rings is 1. The molecular formula is C21H17ClF3N3O4S. The van der Waals surface area contributed by atoms with Crippen molar-refractivity contribution in [2.24, 2.45) is 0 Å². The average molecular weight is 500 g/mol. The Bertz CT molecular complexity index is 1230. The van der Waals surface area contributed by atoms with Gasteiger partial charge in [-0.25, -0.2) is 9.78 Å². The monoisotopic (exact) mass is 499 g/mol. The fourth-order valence-electron chi connectivity index (χ4n) is 3.25. The highest BCUT2D eigenvalue weighted by atomic mass is 35.5. The van der Waals surface area contributed by atoms with Crippen molar-refractivity contribution < 1.29 is 32.2 Å². The van der Waals surface area contributed by atoms with E-state index in [9.17, 15) is 22.8 Å². The molecule has 174 valence electrons. The molecule has 0 bridgehead atoms. The number of aromatic nitrogens is 1. The minimum Gasteiger partial charge on any atom is -0.409 e. The number of ether oxygens (including phenoxy) is 2. The smallest absolute Gasteiger partial charge is 0.409 e. The van der Waals surface area contributed by atoms with Crippen LogP contribution in [0.2, 0.25) is 5.02 Å². The summed E-state index contributed by atoms with van der Waals surface area (Å²) in [6.45, 7) is 3.13. The van der Waals surface area contributed by atoms with Crippen LogP contribution in [0.3, 0.4) is 0 Å². The van der Waals surface area contributed by atoms with Gasteiger partial charge in [-0.1, -0.05) is 22.9 Å². The molecule has 1 aliphatic rings. The zero-order valence-corrected chi connectivity index (χ0v) is 18.7. The van der Waals surface area contributed by atoms with E-state index < -0.39 is 23.7 Å². The highest BCUT2D eigenvalue weighted by Crippen LogP contribution is 2.35. The Morgan fingerprint density at radius 1 is 1.21 bits per heavy atom. The Balaban J connectivity index is 1.59. The Hall–Kier alpha value is -2.89. The van der Waals surface area contributed by atoms with Crippen molar-refractivity contribution in [2.45, 2.75) is 13.1 Å². The summed E-state index contributed by atoms with van der Waals surface area (Å²) in [5.41, 5.74) is -0.0333. The Morgan fingerprint density at radius 3 is 2.64 bits per heavy atom. The maximum atomic E-state index is 13.0. The molecule has 1 aromatic heterocycles. The van der Waals surface area contributed by atoms with Gasteiger partial charge in [0, 0.05) is 18.1 Å². The largest absolute Gasteiger partial charge is 0.416 e. The first-order valence-corrected chi connectivity index (χ1v) is 10.9. The second-order valence-electron chi connectivity index (χ2n) is 7.22. The first-order chi connectivity index (χ1) is 15.6. The third-order valence-electron chi connectivity index (χ3n) is 4.88. The normalized spacial score (nSPS) is 14.4. The first-order valence-electron chi connectivity index (χ1n) is 9.75. The predicted octanol–water partition coefficient (Wildman–Crippen LogP) is 5.36. The number of hydrogen-bond acceptors (Lipinski definition) is 6. The van der Waals surface area contributed by atoms with Crippen molar-refractivity contribution in [3.63, 3.8) is 0 Å². The molecule has 1 saturated heterocycles. The second-order valence-corrected chi connectivity index (χ2v) is 8.69. The highest BCUT2D eigenvalue weighted by Gasteiger charge is 2.31. The SMILES string of the molecule is Cc1cc(Cl)cc(C(=O)Nc2nc3ccc(C(F)(F)F)cc3s2)c1OC(=O)N1CCOCC1. The number of carbonyl (C=O) groups is 2. The standard InChI is InChI=1S/C21H17ClF3N3O4S/c1-11-8-13(22)10-14(17(11)32-20(30)28-4-6-31-7-5-28)18(29)27-19-26-15-3-2-12(21(23,24)25)9-16(15)33-19/h2-3,8-10H,4-7H2,1H3,(H,26,27,29). The molecule has 0 saturated carbocycles.